The van der Waals surface area contributed by atoms with E-state index in [1.54, 1.807) is 0 Å². The summed E-state index contributed by atoms with van der Waals surface area (Å²) in [5, 5.41) is 20.0. The van der Waals surface area contributed by atoms with Gasteiger partial charge in [-0.1, -0.05) is 5.21 Å². The fourth-order valence-corrected chi connectivity index (χ4v) is 1.84. The Morgan fingerprint density at radius 2 is 2.57 bits per heavy atom. The third kappa shape index (κ3) is 2.30. The maximum atomic E-state index is 8.83. The summed E-state index contributed by atoms with van der Waals surface area (Å²) in [6.07, 6.45) is 4.31. The zero-order valence-electron chi connectivity index (χ0n) is 8.19. The molecule has 0 bridgehead atoms. The number of aliphatic hydroxyl groups is 1. The van der Waals surface area contributed by atoms with E-state index < -0.39 is 0 Å². The molecule has 2 rings (SSSR count). The van der Waals surface area contributed by atoms with Crippen LogP contribution in [0.25, 0.3) is 0 Å². The van der Waals surface area contributed by atoms with Gasteiger partial charge >= 0.3 is 0 Å². The molecule has 0 spiro atoms. The lowest BCUT2D eigenvalue weighted by atomic mass is 10.00. The second-order valence-electron chi connectivity index (χ2n) is 3.80. The Balaban J connectivity index is 1.89. The van der Waals surface area contributed by atoms with Gasteiger partial charge in [0.1, 0.15) is 5.69 Å². The second kappa shape index (κ2) is 4.52. The van der Waals surface area contributed by atoms with Crippen LogP contribution in [0, 0.1) is 5.92 Å². The van der Waals surface area contributed by atoms with Gasteiger partial charge in [-0.05, 0) is 31.8 Å². The van der Waals surface area contributed by atoms with Crippen molar-refractivity contribution >= 4 is 0 Å². The zero-order valence-corrected chi connectivity index (χ0v) is 8.19. The van der Waals surface area contributed by atoms with Crippen molar-refractivity contribution in [3.05, 3.63) is 11.9 Å². The molecule has 1 aliphatic heterocycles. The summed E-state index contributed by atoms with van der Waals surface area (Å²) in [5.74, 6) is 0.650. The average Bonchev–Trinajstić information content (AvgIpc) is 2.67. The number of piperidine rings is 1. The first-order chi connectivity index (χ1) is 6.88. The van der Waals surface area contributed by atoms with Crippen molar-refractivity contribution in [2.45, 2.75) is 26.0 Å². The molecule has 1 fully saturated rings. The second-order valence-corrected chi connectivity index (χ2v) is 3.80. The first kappa shape index (κ1) is 9.61. The van der Waals surface area contributed by atoms with E-state index in [2.05, 4.69) is 15.6 Å². The largest absolute Gasteiger partial charge is 0.390 e. The first-order valence-corrected chi connectivity index (χ1v) is 5.09. The van der Waals surface area contributed by atoms with E-state index in [9.17, 15) is 0 Å². The lowest BCUT2D eigenvalue weighted by Gasteiger charge is -2.22. The van der Waals surface area contributed by atoms with Gasteiger partial charge in [0.05, 0.1) is 12.8 Å². The molecule has 0 radical (unpaired) electrons. The van der Waals surface area contributed by atoms with Crippen LogP contribution in [0.4, 0.5) is 0 Å². The highest BCUT2D eigenvalue weighted by Crippen LogP contribution is 2.11. The van der Waals surface area contributed by atoms with E-state index in [-0.39, 0.29) is 6.61 Å². The molecule has 0 unspecified atom stereocenters. The molecule has 0 aromatic carbocycles. The van der Waals surface area contributed by atoms with Crippen LogP contribution in [0.1, 0.15) is 18.5 Å². The molecule has 1 atom stereocenters. The highest BCUT2D eigenvalue weighted by Gasteiger charge is 2.13. The van der Waals surface area contributed by atoms with Gasteiger partial charge in [0.2, 0.25) is 0 Å². The third-order valence-electron chi connectivity index (χ3n) is 2.59. The molecular formula is C9H16N4O. The molecule has 0 saturated carbocycles. The monoisotopic (exact) mass is 196 g/mol. The summed E-state index contributed by atoms with van der Waals surface area (Å²) in [6, 6.07) is 0. The highest BCUT2D eigenvalue weighted by molar-refractivity contribution is 4.89. The van der Waals surface area contributed by atoms with Crippen molar-refractivity contribution in [2.75, 3.05) is 13.1 Å². The van der Waals surface area contributed by atoms with Crippen molar-refractivity contribution in [1.82, 2.24) is 20.3 Å². The summed E-state index contributed by atoms with van der Waals surface area (Å²) in [5.41, 5.74) is 0.647. The highest BCUT2D eigenvalue weighted by atomic mass is 16.3. The molecule has 1 saturated heterocycles. The van der Waals surface area contributed by atoms with Crippen LogP contribution in [0.2, 0.25) is 0 Å². The third-order valence-corrected chi connectivity index (χ3v) is 2.59. The molecule has 0 aliphatic carbocycles. The molecular weight excluding hydrogens is 180 g/mol. The van der Waals surface area contributed by atoms with Crippen molar-refractivity contribution < 1.29 is 5.11 Å². The molecule has 14 heavy (non-hydrogen) atoms. The molecule has 2 heterocycles. The van der Waals surface area contributed by atoms with Crippen molar-refractivity contribution in [2.24, 2.45) is 5.92 Å². The van der Waals surface area contributed by atoms with E-state index in [0.29, 0.717) is 11.6 Å². The molecule has 0 amide bonds. The summed E-state index contributed by atoms with van der Waals surface area (Å²) < 4.78 is 1.82. The summed E-state index contributed by atoms with van der Waals surface area (Å²) in [4.78, 5) is 0. The topological polar surface area (TPSA) is 63.0 Å². The lowest BCUT2D eigenvalue weighted by molar-refractivity contribution is 0.276. The van der Waals surface area contributed by atoms with Gasteiger partial charge in [-0.15, -0.1) is 5.10 Å². The van der Waals surface area contributed by atoms with Crippen LogP contribution < -0.4 is 5.32 Å². The van der Waals surface area contributed by atoms with Gasteiger partial charge in [-0.25, -0.2) is 0 Å². The Kier molecular flexibility index (Phi) is 3.10. The van der Waals surface area contributed by atoms with E-state index in [4.69, 9.17) is 5.11 Å². The number of hydrogen-bond donors (Lipinski definition) is 2. The maximum absolute atomic E-state index is 8.83. The van der Waals surface area contributed by atoms with Crippen molar-refractivity contribution in [1.29, 1.82) is 0 Å². The number of aromatic nitrogens is 3. The quantitative estimate of drug-likeness (QED) is 0.701. The van der Waals surface area contributed by atoms with E-state index in [1.165, 1.54) is 12.8 Å². The Hall–Kier alpha value is -0.940. The SMILES string of the molecule is OCc1cn(C[C@H]2CCCNC2)nn1. The number of nitrogens with zero attached hydrogens (tertiary/aromatic N) is 3. The Morgan fingerprint density at radius 3 is 3.21 bits per heavy atom. The smallest absolute Gasteiger partial charge is 0.108 e. The minimum Gasteiger partial charge on any atom is -0.390 e. The van der Waals surface area contributed by atoms with Gasteiger partial charge in [-0.3, -0.25) is 4.68 Å². The summed E-state index contributed by atoms with van der Waals surface area (Å²) in [7, 11) is 0. The van der Waals surface area contributed by atoms with Crippen LogP contribution in [0.5, 0.6) is 0 Å². The van der Waals surface area contributed by atoms with Crippen LogP contribution in [0.3, 0.4) is 0 Å². The normalized spacial score (nSPS) is 22.5. The zero-order chi connectivity index (χ0) is 9.80. The van der Waals surface area contributed by atoms with Gasteiger partial charge in [0.15, 0.2) is 0 Å². The van der Waals surface area contributed by atoms with E-state index in [0.717, 1.165) is 19.6 Å². The molecule has 2 N–H and O–H groups in total. The fourth-order valence-electron chi connectivity index (χ4n) is 1.84. The van der Waals surface area contributed by atoms with E-state index >= 15 is 0 Å². The van der Waals surface area contributed by atoms with Gasteiger partial charge in [0, 0.05) is 6.54 Å². The average molecular weight is 196 g/mol. The van der Waals surface area contributed by atoms with Crippen molar-refractivity contribution in [3.8, 4) is 0 Å². The van der Waals surface area contributed by atoms with Crippen molar-refractivity contribution in [3.63, 3.8) is 0 Å². The number of nitrogens with one attached hydrogen (secondary N) is 1. The lowest BCUT2D eigenvalue weighted by Crippen LogP contribution is -2.32. The maximum Gasteiger partial charge on any atom is 0.108 e. The summed E-state index contributed by atoms with van der Waals surface area (Å²) >= 11 is 0. The first-order valence-electron chi connectivity index (χ1n) is 5.09. The molecule has 1 aromatic heterocycles. The fraction of sp³-hybridized carbons (Fsp3) is 0.778. The van der Waals surface area contributed by atoms with Gasteiger partial charge in [-0.2, -0.15) is 0 Å². The van der Waals surface area contributed by atoms with Gasteiger partial charge < -0.3 is 10.4 Å². The predicted molar refractivity (Wildman–Crippen MR) is 51.5 cm³/mol. The minimum atomic E-state index is -0.0249. The molecule has 78 valence electrons. The Bertz CT molecular complexity index is 280. The number of rotatable bonds is 3. The standard InChI is InChI=1S/C9H16N4O/c14-7-9-6-13(12-11-9)5-8-2-1-3-10-4-8/h6,8,10,14H,1-5,7H2/t8-/m0/s1. The Morgan fingerprint density at radius 1 is 1.64 bits per heavy atom. The molecule has 5 heteroatoms. The Labute approximate surface area is 83.1 Å². The van der Waals surface area contributed by atoms with Crippen LogP contribution in [-0.2, 0) is 13.2 Å². The van der Waals surface area contributed by atoms with Gasteiger partial charge in [0.25, 0.3) is 0 Å². The van der Waals surface area contributed by atoms with E-state index in [1.807, 2.05) is 10.9 Å². The van der Waals surface area contributed by atoms with Crippen LogP contribution in [-0.4, -0.2) is 33.2 Å². The predicted octanol–water partition coefficient (Wildman–Crippen LogP) is -0.230. The minimum absolute atomic E-state index is 0.0249. The number of aliphatic hydroxyl groups excluding tert-OH is 1. The number of hydrogen-bond acceptors (Lipinski definition) is 4. The van der Waals surface area contributed by atoms with Crippen LogP contribution in [0.15, 0.2) is 6.20 Å². The molecule has 1 aliphatic rings. The molecule has 1 aromatic rings. The summed E-state index contributed by atoms with van der Waals surface area (Å²) in [6.45, 7) is 3.08. The van der Waals surface area contributed by atoms with Crippen LogP contribution >= 0.6 is 0 Å². The molecule has 5 nitrogen and oxygen atoms in total.